The van der Waals surface area contributed by atoms with Gasteiger partial charge in [-0.25, -0.2) is 8.78 Å². The lowest BCUT2D eigenvalue weighted by molar-refractivity contribution is -0.274. The molecular formula is C16H10F5NO3. The molecule has 0 radical (unpaired) electrons. The first-order valence-electron chi connectivity index (χ1n) is 6.79. The number of carbonyl (C=O) groups excluding carboxylic acids is 2. The molecular weight excluding hydrogens is 349 g/mol. The highest BCUT2D eigenvalue weighted by Gasteiger charge is 2.35. The maximum atomic E-state index is 13.8. The van der Waals surface area contributed by atoms with Crippen molar-refractivity contribution in [3.63, 3.8) is 0 Å². The summed E-state index contributed by atoms with van der Waals surface area (Å²) >= 11 is 0. The average molecular weight is 359 g/mol. The van der Waals surface area contributed by atoms with Crippen molar-refractivity contribution in [2.75, 3.05) is 0 Å². The van der Waals surface area contributed by atoms with Gasteiger partial charge in [0.05, 0.1) is 6.42 Å². The molecule has 132 valence electrons. The van der Waals surface area contributed by atoms with E-state index in [0.717, 1.165) is 0 Å². The molecule has 0 aliphatic rings. The van der Waals surface area contributed by atoms with Crippen LogP contribution >= 0.6 is 0 Å². The molecule has 0 aliphatic carbocycles. The predicted octanol–water partition coefficient (Wildman–Crippen LogP) is 3.36. The van der Waals surface area contributed by atoms with Crippen molar-refractivity contribution in [1.29, 1.82) is 0 Å². The molecule has 0 saturated carbocycles. The van der Waals surface area contributed by atoms with Crippen LogP contribution < -0.4 is 10.1 Å². The Hall–Kier alpha value is -2.97. The van der Waals surface area contributed by atoms with Crippen molar-refractivity contribution in [3.05, 3.63) is 65.2 Å². The fourth-order valence-corrected chi connectivity index (χ4v) is 1.97. The van der Waals surface area contributed by atoms with Gasteiger partial charge in [-0.1, -0.05) is 30.3 Å². The monoisotopic (exact) mass is 359 g/mol. The number of ether oxygens (including phenoxy) is 1. The molecule has 0 aliphatic heterocycles. The largest absolute Gasteiger partial charge is 0.573 e. The van der Waals surface area contributed by atoms with Crippen molar-refractivity contribution in [2.24, 2.45) is 0 Å². The second-order valence-electron chi connectivity index (χ2n) is 4.82. The standard InChI is InChI=1S/C16H10F5NO3/c17-10-6-7-11(25-16(19,20)21)13(14(10)18)15(24)22-12(23)8-9-4-2-1-3-5-9/h1-7H,8H2,(H,22,23,24). The summed E-state index contributed by atoms with van der Waals surface area (Å²) in [4.78, 5) is 23.7. The number of halogens is 5. The van der Waals surface area contributed by atoms with Crippen molar-refractivity contribution in [3.8, 4) is 5.75 Å². The molecule has 0 unspecified atom stereocenters. The van der Waals surface area contributed by atoms with Crippen molar-refractivity contribution in [2.45, 2.75) is 12.8 Å². The maximum absolute atomic E-state index is 13.8. The van der Waals surface area contributed by atoms with Crippen LogP contribution in [0.3, 0.4) is 0 Å². The quantitative estimate of drug-likeness (QED) is 0.852. The average Bonchev–Trinajstić information content (AvgIpc) is 2.50. The number of rotatable bonds is 4. The summed E-state index contributed by atoms with van der Waals surface area (Å²) in [5.41, 5.74) is -0.835. The molecule has 0 fully saturated rings. The topological polar surface area (TPSA) is 55.4 Å². The van der Waals surface area contributed by atoms with Gasteiger partial charge in [0.25, 0.3) is 5.91 Å². The van der Waals surface area contributed by atoms with E-state index in [1.165, 1.54) is 0 Å². The van der Waals surface area contributed by atoms with E-state index in [1.807, 2.05) is 0 Å². The Labute approximate surface area is 138 Å². The summed E-state index contributed by atoms with van der Waals surface area (Å²) in [5, 5.41) is 1.71. The zero-order valence-corrected chi connectivity index (χ0v) is 12.4. The highest BCUT2D eigenvalue weighted by Crippen LogP contribution is 2.29. The number of imide groups is 1. The fraction of sp³-hybridized carbons (Fsp3) is 0.125. The highest BCUT2D eigenvalue weighted by atomic mass is 19.4. The summed E-state index contributed by atoms with van der Waals surface area (Å²) < 4.78 is 67.5. The molecule has 2 aromatic rings. The zero-order chi connectivity index (χ0) is 18.6. The Kier molecular flexibility index (Phi) is 5.35. The molecule has 1 N–H and O–H groups in total. The smallest absolute Gasteiger partial charge is 0.405 e. The predicted molar refractivity (Wildman–Crippen MR) is 75.7 cm³/mol. The molecule has 0 spiro atoms. The second-order valence-corrected chi connectivity index (χ2v) is 4.82. The van der Waals surface area contributed by atoms with E-state index in [0.29, 0.717) is 17.7 Å². The van der Waals surface area contributed by atoms with Gasteiger partial charge in [0.15, 0.2) is 11.6 Å². The summed E-state index contributed by atoms with van der Waals surface area (Å²) in [6.45, 7) is 0. The number of carbonyl (C=O) groups is 2. The number of hydrogen-bond donors (Lipinski definition) is 1. The lowest BCUT2D eigenvalue weighted by atomic mass is 10.1. The molecule has 4 nitrogen and oxygen atoms in total. The van der Waals surface area contributed by atoms with Crippen molar-refractivity contribution < 1.29 is 36.3 Å². The van der Waals surface area contributed by atoms with Gasteiger partial charge in [0.1, 0.15) is 11.3 Å². The Morgan fingerprint density at radius 1 is 1.00 bits per heavy atom. The SMILES string of the molecule is O=C(Cc1ccccc1)NC(=O)c1c(OC(F)(F)F)ccc(F)c1F. The number of benzene rings is 2. The third kappa shape index (κ3) is 5.00. The van der Waals surface area contributed by atoms with Crippen LogP contribution in [0.4, 0.5) is 22.0 Å². The summed E-state index contributed by atoms with van der Waals surface area (Å²) in [6, 6.07) is 8.92. The normalized spacial score (nSPS) is 11.1. The van der Waals surface area contributed by atoms with E-state index in [1.54, 1.807) is 35.6 Å². The van der Waals surface area contributed by atoms with E-state index in [9.17, 15) is 31.5 Å². The van der Waals surface area contributed by atoms with Crippen LogP contribution in [0, 0.1) is 11.6 Å². The molecule has 0 aromatic heterocycles. The van der Waals surface area contributed by atoms with Crippen LogP contribution in [-0.4, -0.2) is 18.2 Å². The van der Waals surface area contributed by atoms with E-state index in [-0.39, 0.29) is 6.42 Å². The van der Waals surface area contributed by atoms with Gasteiger partial charge in [0.2, 0.25) is 5.91 Å². The minimum atomic E-state index is -5.23. The lowest BCUT2D eigenvalue weighted by Gasteiger charge is -2.14. The molecule has 0 atom stereocenters. The molecule has 2 aromatic carbocycles. The third-order valence-corrected chi connectivity index (χ3v) is 2.97. The molecule has 0 heterocycles. The minimum absolute atomic E-state index is 0.279. The molecule has 2 rings (SSSR count). The highest BCUT2D eigenvalue weighted by molar-refractivity contribution is 6.06. The molecule has 0 saturated heterocycles. The van der Waals surface area contributed by atoms with Gasteiger partial charge in [0, 0.05) is 0 Å². The number of hydrogen-bond acceptors (Lipinski definition) is 3. The number of alkyl halides is 3. The Bertz CT molecular complexity index is 790. The van der Waals surface area contributed by atoms with Gasteiger partial charge < -0.3 is 4.74 Å². The Balaban J connectivity index is 2.23. The molecule has 25 heavy (non-hydrogen) atoms. The van der Waals surface area contributed by atoms with Crippen molar-refractivity contribution >= 4 is 11.8 Å². The molecule has 2 amide bonds. The third-order valence-electron chi connectivity index (χ3n) is 2.97. The fourth-order valence-electron chi connectivity index (χ4n) is 1.97. The van der Waals surface area contributed by atoms with E-state index in [4.69, 9.17) is 0 Å². The van der Waals surface area contributed by atoms with Gasteiger partial charge in [-0.2, -0.15) is 0 Å². The van der Waals surface area contributed by atoms with Gasteiger partial charge in [-0.15, -0.1) is 13.2 Å². The number of amides is 2. The summed E-state index contributed by atoms with van der Waals surface area (Å²) in [7, 11) is 0. The van der Waals surface area contributed by atoms with Crippen LogP contribution in [0.25, 0.3) is 0 Å². The van der Waals surface area contributed by atoms with E-state index < -0.39 is 41.1 Å². The Morgan fingerprint density at radius 3 is 2.24 bits per heavy atom. The van der Waals surface area contributed by atoms with Crippen LogP contribution in [0.2, 0.25) is 0 Å². The first kappa shape index (κ1) is 18.4. The van der Waals surface area contributed by atoms with Gasteiger partial charge in [-0.05, 0) is 17.7 Å². The van der Waals surface area contributed by atoms with E-state index >= 15 is 0 Å². The summed E-state index contributed by atoms with van der Waals surface area (Å²) in [6.07, 6.45) is -5.51. The molecule has 0 bridgehead atoms. The van der Waals surface area contributed by atoms with E-state index in [2.05, 4.69) is 4.74 Å². The summed E-state index contributed by atoms with van der Waals surface area (Å²) in [5.74, 6) is -7.12. The maximum Gasteiger partial charge on any atom is 0.573 e. The van der Waals surface area contributed by atoms with Gasteiger partial charge in [-0.3, -0.25) is 14.9 Å². The second kappa shape index (κ2) is 7.29. The first-order valence-corrected chi connectivity index (χ1v) is 6.79. The molecule has 9 heteroatoms. The van der Waals surface area contributed by atoms with Crippen LogP contribution in [0.1, 0.15) is 15.9 Å². The van der Waals surface area contributed by atoms with Gasteiger partial charge >= 0.3 is 6.36 Å². The Morgan fingerprint density at radius 2 is 1.64 bits per heavy atom. The minimum Gasteiger partial charge on any atom is -0.405 e. The first-order chi connectivity index (χ1) is 11.7. The van der Waals surface area contributed by atoms with Crippen LogP contribution in [0.5, 0.6) is 5.75 Å². The van der Waals surface area contributed by atoms with Crippen LogP contribution in [0.15, 0.2) is 42.5 Å². The zero-order valence-electron chi connectivity index (χ0n) is 12.4. The van der Waals surface area contributed by atoms with Crippen molar-refractivity contribution in [1.82, 2.24) is 5.32 Å². The lowest BCUT2D eigenvalue weighted by Crippen LogP contribution is -2.33. The number of nitrogens with one attached hydrogen (secondary N) is 1. The van der Waals surface area contributed by atoms with Crippen LogP contribution in [-0.2, 0) is 11.2 Å².